The predicted octanol–water partition coefficient (Wildman–Crippen LogP) is 3.33. The first kappa shape index (κ1) is 17.7. The van der Waals surface area contributed by atoms with Gasteiger partial charge in [0.25, 0.3) is 0 Å². The summed E-state index contributed by atoms with van der Waals surface area (Å²) in [7, 11) is 0. The van der Waals surface area contributed by atoms with Gasteiger partial charge in [-0.3, -0.25) is 9.59 Å². The number of rotatable bonds is 8. The fourth-order valence-electron chi connectivity index (χ4n) is 2.35. The van der Waals surface area contributed by atoms with Crippen LogP contribution in [0.25, 0.3) is 0 Å². The van der Waals surface area contributed by atoms with Crippen molar-refractivity contribution in [1.82, 2.24) is 5.32 Å². The number of carbonyl (C=O) groups is 2. The zero-order valence-corrected chi connectivity index (χ0v) is 14.0. The Labute approximate surface area is 143 Å². The van der Waals surface area contributed by atoms with Gasteiger partial charge in [-0.15, -0.1) is 0 Å². The van der Waals surface area contributed by atoms with E-state index >= 15 is 0 Å². The minimum atomic E-state index is -0.141. The van der Waals surface area contributed by atoms with E-state index in [1.54, 1.807) is 0 Å². The Balaban J connectivity index is 1.64. The van der Waals surface area contributed by atoms with E-state index in [2.05, 4.69) is 17.6 Å². The summed E-state index contributed by atoms with van der Waals surface area (Å²) in [6.45, 7) is 2.67. The number of amides is 2. The van der Waals surface area contributed by atoms with Crippen LogP contribution in [0.5, 0.6) is 0 Å². The smallest absolute Gasteiger partial charge is 0.224 e. The van der Waals surface area contributed by atoms with E-state index in [0.29, 0.717) is 6.54 Å². The van der Waals surface area contributed by atoms with Crippen molar-refractivity contribution >= 4 is 17.5 Å². The number of hydrogen-bond acceptors (Lipinski definition) is 2. The van der Waals surface area contributed by atoms with Gasteiger partial charge in [0, 0.05) is 25.1 Å². The second kappa shape index (κ2) is 9.50. The topological polar surface area (TPSA) is 58.2 Å². The Hall–Kier alpha value is -2.62. The quantitative estimate of drug-likeness (QED) is 0.782. The van der Waals surface area contributed by atoms with Crippen LogP contribution < -0.4 is 10.6 Å². The molecule has 2 N–H and O–H groups in total. The highest BCUT2D eigenvalue weighted by molar-refractivity contribution is 5.93. The Bertz CT molecular complexity index is 651. The summed E-state index contributed by atoms with van der Waals surface area (Å²) < 4.78 is 0. The molecular formula is C20H24N2O2. The maximum absolute atomic E-state index is 11.9. The molecule has 2 rings (SSSR count). The molecule has 0 atom stereocenters. The van der Waals surface area contributed by atoms with Crippen molar-refractivity contribution in [2.45, 2.75) is 32.6 Å². The van der Waals surface area contributed by atoms with Crippen LogP contribution in [0.3, 0.4) is 0 Å². The normalized spacial score (nSPS) is 10.2. The molecule has 0 fully saturated rings. The first-order valence-corrected chi connectivity index (χ1v) is 8.37. The lowest BCUT2D eigenvalue weighted by Crippen LogP contribution is -2.26. The molecule has 0 spiro atoms. The van der Waals surface area contributed by atoms with E-state index in [9.17, 15) is 9.59 Å². The molecule has 126 valence electrons. The molecule has 0 aliphatic carbocycles. The lowest BCUT2D eigenvalue weighted by atomic mass is 10.1. The number of carbonyl (C=O) groups excluding carboxylic acids is 2. The highest BCUT2D eigenvalue weighted by Gasteiger charge is 2.07. The first-order chi connectivity index (χ1) is 11.7. The number of nitrogens with one attached hydrogen (secondary N) is 2. The van der Waals surface area contributed by atoms with Crippen molar-refractivity contribution in [1.29, 1.82) is 0 Å². The molecule has 2 aromatic carbocycles. The molecule has 0 saturated carbocycles. The standard InChI is InChI=1S/C20H24N2O2/c1-2-16-8-10-18(11-9-16)22-20(24)13-12-19(23)21-15-14-17-6-4-3-5-7-17/h3-11H,2,12-15H2,1H3,(H,21,23)(H,22,24). The van der Waals surface area contributed by atoms with Crippen molar-refractivity contribution in [3.63, 3.8) is 0 Å². The average molecular weight is 324 g/mol. The van der Waals surface area contributed by atoms with Crippen molar-refractivity contribution in [2.24, 2.45) is 0 Å². The van der Waals surface area contributed by atoms with Gasteiger partial charge in [-0.05, 0) is 36.1 Å². The molecule has 0 heterocycles. The summed E-state index contributed by atoms with van der Waals surface area (Å²) >= 11 is 0. The van der Waals surface area contributed by atoms with Gasteiger partial charge in [-0.2, -0.15) is 0 Å². The summed E-state index contributed by atoms with van der Waals surface area (Å²) in [4.78, 5) is 23.7. The van der Waals surface area contributed by atoms with Crippen molar-refractivity contribution in [3.8, 4) is 0 Å². The molecule has 4 nitrogen and oxygen atoms in total. The van der Waals surface area contributed by atoms with E-state index < -0.39 is 0 Å². The van der Waals surface area contributed by atoms with Crippen LogP contribution in [0.4, 0.5) is 5.69 Å². The number of aryl methyl sites for hydroxylation is 1. The van der Waals surface area contributed by atoms with Gasteiger partial charge >= 0.3 is 0 Å². The third-order valence-electron chi connectivity index (χ3n) is 3.80. The monoisotopic (exact) mass is 324 g/mol. The fraction of sp³-hybridized carbons (Fsp3) is 0.300. The van der Waals surface area contributed by atoms with Crippen molar-refractivity contribution in [2.75, 3.05) is 11.9 Å². The zero-order chi connectivity index (χ0) is 17.2. The van der Waals surface area contributed by atoms with Crippen LogP contribution in [-0.2, 0) is 22.4 Å². The van der Waals surface area contributed by atoms with Gasteiger partial charge in [0.15, 0.2) is 0 Å². The van der Waals surface area contributed by atoms with Crippen molar-refractivity contribution < 1.29 is 9.59 Å². The van der Waals surface area contributed by atoms with E-state index in [1.165, 1.54) is 11.1 Å². The second-order valence-electron chi connectivity index (χ2n) is 5.68. The fourth-order valence-corrected chi connectivity index (χ4v) is 2.35. The summed E-state index contributed by atoms with van der Waals surface area (Å²) in [6.07, 6.45) is 2.15. The molecule has 0 aliphatic rings. The molecule has 24 heavy (non-hydrogen) atoms. The van der Waals surface area contributed by atoms with Crippen LogP contribution in [0.1, 0.15) is 30.9 Å². The van der Waals surface area contributed by atoms with Crippen LogP contribution in [0.2, 0.25) is 0 Å². The molecule has 0 radical (unpaired) electrons. The lowest BCUT2D eigenvalue weighted by molar-refractivity contribution is -0.124. The lowest BCUT2D eigenvalue weighted by Gasteiger charge is -2.07. The predicted molar refractivity (Wildman–Crippen MR) is 96.8 cm³/mol. The average Bonchev–Trinajstić information content (AvgIpc) is 2.61. The van der Waals surface area contributed by atoms with Gasteiger partial charge in [-0.25, -0.2) is 0 Å². The van der Waals surface area contributed by atoms with Gasteiger partial charge in [0.2, 0.25) is 11.8 Å². The number of hydrogen-bond donors (Lipinski definition) is 2. The van der Waals surface area contributed by atoms with E-state index in [4.69, 9.17) is 0 Å². The summed E-state index contributed by atoms with van der Waals surface area (Å²) in [6, 6.07) is 17.7. The summed E-state index contributed by atoms with van der Waals surface area (Å²) in [5, 5.41) is 5.66. The van der Waals surface area contributed by atoms with Gasteiger partial charge in [-0.1, -0.05) is 49.4 Å². The van der Waals surface area contributed by atoms with Crippen LogP contribution in [0, 0.1) is 0 Å². The maximum Gasteiger partial charge on any atom is 0.224 e. The SMILES string of the molecule is CCc1ccc(NC(=O)CCC(=O)NCCc2ccccc2)cc1. The Morgan fingerprint density at radius 2 is 1.50 bits per heavy atom. The van der Waals surface area contributed by atoms with Gasteiger partial charge < -0.3 is 10.6 Å². The number of benzene rings is 2. The van der Waals surface area contributed by atoms with E-state index in [1.807, 2.05) is 54.6 Å². The molecule has 0 aliphatic heterocycles. The molecule has 0 bridgehead atoms. The first-order valence-electron chi connectivity index (χ1n) is 8.37. The van der Waals surface area contributed by atoms with E-state index in [0.717, 1.165) is 18.5 Å². The van der Waals surface area contributed by atoms with Crippen LogP contribution >= 0.6 is 0 Å². The van der Waals surface area contributed by atoms with Gasteiger partial charge in [0.1, 0.15) is 0 Å². The second-order valence-corrected chi connectivity index (χ2v) is 5.68. The van der Waals surface area contributed by atoms with Crippen molar-refractivity contribution in [3.05, 3.63) is 65.7 Å². The summed E-state index contributed by atoms with van der Waals surface area (Å²) in [5.74, 6) is -0.236. The minimum Gasteiger partial charge on any atom is -0.356 e. The molecule has 0 unspecified atom stereocenters. The molecular weight excluding hydrogens is 300 g/mol. The maximum atomic E-state index is 11.9. The number of anilines is 1. The van der Waals surface area contributed by atoms with E-state index in [-0.39, 0.29) is 24.7 Å². The molecule has 2 amide bonds. The highest BCUT2D eigenvalue weighted by Crippen LogP contribution is 2.10. The highest BCUT2D eigenvalue weighted by atomic mass is 16.2. The Morgan fingerprint density at radius 1 is 0.833 bits per heavy atom. The van der Waals surface area contributed by atoms with Gasteiger partial charge in [0.05, 0.1) is 0 Å². The third-order valence-corrected chi connectivity index (χ3v) is 3.80. The molecule has 0 aromatic heterocycles. The molecule has 2 aromatic rings. The minimum absolute atomic E-state index is 0.0950. The Morgan fingerprint density at radius 3 is 2.17 bits per heavy atom. The molecule has 0 saturated heterocycles. The molecule has 4 heteroatoms. The third kappa shape index (κ3) is 6.24. The Kier molecular flexibility index (Phi) is 7.02. The largest absolute Gasteiger partial charge is 0.356 e. The van der Waals surface area contributed by atoms with Crippen LogP contribution in [-0.4, -0.2) is 18.4 Å². The summed E-state index contributed by atoms with van der Waals surface area (Å²) in [5.41, 5.74) is 3.18. The zero-order valence-electron chi connectivity index (χ0n) is 14.0. The van der Waals surface area contributed by atoms with Crippen LogP contribution in [0.15, 0.2) is 54.6 Å².